The Morgan fingerprint density at radius 2 is 1.88 bits per heavy atom. The third-order valence-corrected chi connectivity index (χ3v) is 5.53. The normalized spacial score (nSPS) is 10.8. The minimum atomic E-state index is -0.587. The van der Waals surface area contributed by atoms with Crippen LogP contribution in [-0.4, -0.2) is 17.0 Å². The summed E-state index contributed by atoms with van der Waals surface area (Å²) in [6.07, 6.45) is 0. The summed E-state index contributed by atoms with van der Waals surface area (Å²) >= 11 is 7.52. The molecule has 0 radical (unpaired) electrons. The van der Waals surface area contributed by atoms with Crippen molar-refractivity contribution in [3.8, 4) is 11.3 Å². The number of thiophene rings is 1. The molecule has 2 amide bonds. The van der Waals surface area contributed by atoms with E-state index in [-0.39, 0.29) is 5.56 Å². The number of nitrogens with two attached hydrogens (primary N) is 1. The van der Waals surface area contributed by atoms with Crippen molar-refractivity contribution in [3.63, 3.8) is 0 Å². The maximum absolute atomic E-state index is 12.9. The van der Waals surface area contributed by atoms with Crippen molar-refractivity contribution in [2.45, 2.75) is 20.8 Å². The van der Waals surface area contributed by atoms with Crippen molar-refractivity contribution in [2.24, 2.45) is 5.73 Å². The van der Waals surface area contributed by atoms with Crippen LogP contribution in [-0.2, 0) is 0 Å². The fourth-order valence-electron chi connectivity index (χ4n) is 2.65. The zero-order valence-corrected chi connectivity index (χ0v) is 15.9. The molecule has 3 rings (SSSR count). The lowest BCUT2D eigenvalue weighted by Gasteiger charge is -2.07. The number of rotatable bonds is 4. The first kappa shape index (κ1) is 18.2. The van der Waals surface area contributed by atoms with Gasteiger partial charge in [0.25, 0.3) is 11.8 Å². The average Bonchev–Trinajstić information content (AvgIpc) is 3.08. The van der Waals surface area contributed by atoms with Gasteiger partial charge in [0, 0.05) is 10.4 Å². The van der Waals surface area contributed by atoms with Crippen LogP contribution in [0, 0.1) is 20.8 Å². The number of aromatic nitrogens is 1. The highest BCUT2D eigenvalue weighted by atomic mass is 35.5. The number of amides is 2. The molecule has 0 saturated carbocycles. The maximum Gasteiger partial charge on any atom is 0.262 e. The molecule has 3 aromatic rings. The molecule has 0 fully saturated rings. The zero-order chi connectivity index (χ0) is 19.0. The SMILES string of the molecule is Cc1onc(-c2ccccc2Cl)c1C(=O)Nc1sc(C)c(C)c1C(N)=O. The van der Waals surface area contributed by atoms with Crippen LogP contribution in [0.5, 0.6) is 0 Å². The molecule has 8 heteroatoms. The predicted octanol–water partition coefficient (Wildman–Crippen LogP) is 4.33. The number of halogens is 1. The van der Waals surface area contributed by atoms with Gasteiger partial charge in [-0.3, -0.25) is 9.59 Å². The first-order valence-corrected chi connectivity index (χ1v) is 8.93. The monoisotopic (exact) mass is 389 g/mol. The van der Waals surface area contributed by atoms with E-state index in [0.717, 1.165) is 10.4 Å². The van der Waals surface area contributed by atoms with E-state index in [1.165, 1.54) is 11.3 Å². The summed E-state index contributed by atoms with van der Waals surface area (Å²) in [7, 11) is 0. The van der Waals surface area contributed by atoms with E-state index in [2.05, 4.69) is 10.5 Å². The fourth-order valence-corrected chi connectivity index (χ4v) is 3.94. The van der Waals surface area contributed by atoms with Crippen LogP contribution in [0.25, 0.3) is 11.3 Å². The van der Waals surface area contributed by atoms with Gasteiger partial charge in [0.2, 0.25) is 0 Å². The molecule has 0 aliphatic carbocycles. The highest BCUT2D eigenvalue weighted by Gasteiger charge is 2.25. The molecule has 6 nitrogen and oxygen atoms in total. The summed E-state index contributed by atoms with van der Waals surface area (Å²) in [5, 5.41) is 7.60. The van der Waals surface area contributed by atoms with E-state index in [0.29, 0.717) is 32.6 Å². The van der Waals surface area contributed by atoms with Crippen molar-refractivity contribution in [1.29, 1.82) is 0 Å². The molecular weight excluding hydrogens is 374 g/mol. The van der Waals surface area contributed by atoms with Crippen LogP contribution in [0.3, 0.4) is 0 Å². The summed E-state index contributed by atoms with van der Waals surface area (Å²) in [5.41, 5.74) is 7.72. The Balaban J connectivity index is 2.03. The lowest BCUT2D eigenvalue weighted by atomic mass is 10.1. The van der Waals surface area contributed by atoms with Gasteiger partial charge in [-0.05, 0) is 32.4 Å². The van der Waals surface area contributed by atoms with Gasteiger partial charge in [-0.1, -0.05) is 35.0 Å². The minimum Gasteiger partial charge on any atom is -0.365 e. The molecule has 0 unspecified atom stereocenters. The number of primary amides is 1. The number of aryl methyl sites for hydroxylation is 2. The first-order chi connectivity index (χ1) is 12.3. The van der Waals surface area contributed by atoms with Crippen LogP contribution >= 0.6 is 22.9 Å². The average molecular weight is 390 g/mol. The Morgan fingerprint density at radius 3 is 2.54 bits per heavy atom. The molecule has 2 aromatic heterocycles. The second kappa shape index (κ2) is 6.93. The Bertz CT molecular complexity index is 1020. The quantitative estimate of drug-likeness (QED) is 0.693. The molecule has 0 atom stereocenters. The lowest BCUT2D eigenvalue weighted by molar-refractivity contribution is 0.100. The topological polar surface area (TPSA) is 98.2 Å². The number of anilines is 1. The number of nitrogens with one attached hydrogen (secondary N) is 1. The van der Waals surface area contributed by atoms with E-state index in [4.69, 9.17) is 21.9 Å². The second-order valence-corrected chi connectivity index (χ2v) is 7.38. The van der Waals surface area contributed by atoms with Gasteiger partial charge >= 0.3 is 0 Å². The molecule has 0 bridgehead atoms. The van der Waals surface area contributed by atoms with Gasteiger partial charge in [0.05, 0.1) is 10.6 Å². The molecule has 134 valence electrons. The molecule has 0 saturated heterocycles. The molecule has 0 aliphatic heterocycles. The van der Waals surface area contributed by atoms with Crippen molar-refractivity contribution in [2.75, 3.05) is 5.32 Å². The Hall–Kier alpha value is -2.64. The summed E-state index contributed by atoms with van der Waals surface area (Å²) in [4.78, 5) is 25.6. The van der Waals surface area contributed by atoms with E-state index < -0.39 is 11.8 Å². The molecular formula is C18H16ClN3O3S. The lowest BCUT2D eigenvalue weighted by Crippen LogP contribution is -2.18. The van der Waals surface area contributed by atoms with Crippen molar-refractivity contribution < 1.29 is 14.1 Å². The number of carbonyl (C=O) groups is 2. The van der Waals surface area contributed by atoms with Gasteiger partial charge in [-0.25, -0.2) is 0 Å². The molecule has 0 aliphatic rings. The highest BCUT2D eigenvalue weighted by Crippen LogP contribution is 2.35. The maximum atomic E-state index is 12.9. The highest BCUT2D eigenvalue weighted by molar-refractivity contribution is 7.16. The van der Waals surface area contributed by atoms with Gasteiger partial charge in [-0.2, -0.15) is 0 Å². The van der Waals surface area contributed by atoms with Gasteiger partial charge in [0.15, 0.2) is 0 Å². The minimum absolute atomic E-state index is 0.261. The van der Waals surface area contributed by atoms with E-state index >= 15 is 0 Å². The Kier molecular flexibility index (Phi) is 4.84. The van der Waals surface area contributed by atoms with Crippen molar-refractivity contribution in [1.82, 2.24) is 5.16 Å². The van der Waals surface area contributed by atoms with Crippen molar-refractivity contribution in [3.05, 3.63) is 56.6 Å². The van der Waals surface area contributed by atoms with Crippen LogP contribution in [0.15, 0.2) is 28.8 Å². The van der Waals surface area contributed by atoms with Gasteiger partial charge < -0.3 is 15.6 Å². The van der Waals surface area contributed by atoms with Crippen LogP contribution in [0.4, 0.5) is 5.00 Å². The van der Waals surface area contributed by atoms with E-state index in [1.807, 2.05) is 6.92 Å². The number of nitrogens with zero attached hydrogens (tertiary/aromatic N) is 1. The third-order valence-electron chi connectivity index (χ3n) is 4.08. The Morgan fingerprint density at radius 1 is 1.19 bits per heavy atom. The summed E-state index contributed by atoms with van der Waals surface area (Å²) < 4.78 is 5.21. The number of benzene rings is 1. The first-order valence-electron chi connectivity index (χ1n) is 7.73. The fraction of sp³-hybridized carbons (Fsp3) is 0.167. The molecule has 3 N–H and O–H groups in total. The zero-order valence-electron chi connectivity index (χ0n) is 14.3. The number of hydrogen-bond acceptors (Lipinski definition) is 5. The summed E-state index contributed by atoms with van der Waals surface area (Å²) in [6, 6.07) is 7.05. The smallest absolute Gasteiger partial charge is 0.262 e. The van der Waals surface area contributed by atoms with E-state index in [9.17, 15) is 9.59 Å². The molecule has 1 aromatic carbocycles. The summed E-state index contributed by atoms with van der Waals surface area (Å²) in [5.74, 6) is -0.680. The second-order valence-electron chi connectivity index (χ2n) is 5.75. The predicted molar refractivity (Wildman–Crippen MR) is 102 cm³/mol. The molecule has 2 heterocycles. The number of hydrogen-bond donors (Lipinski definition) is 2. The van der Waals surface area contributed by atoms with Gasteiger partial charge in [0.1, 0.15) is 22.0 Å². The van der Waals surface area contributed by atoms with Crippen molar-refractivity contribution >= 4 is 39.8 Å². The third kappa shape index (κ3) is 3.11. The van der Waals surface area contributed by atoms with Crippen LogP contribution in [0.1, 0.15) is 36.9 Å². The number of carbonyl (C=O) groups excluding carboxylic acids is 2. The summed E-state index contributed by atoms with van der Waals surface area (Å²) in [6.45, 7) is 5.30. The Labute approximate surface area is 158 Å². The molecule has 26 heavy (non-hydrogen) atoms. The van der Waals surface area contributed by atoms with Gasteiger partial charge in [-0.15, -0.1) is 11.3 Å². The van der Waals surface area contributed by atoms with E-state index in [1.54, 1.807) is 38.1 Å². The standard InChI is InChI=1S/C18H16ClN3O3S/c1-8-10(3)26-18(13(8)16(20)23)21-17(24)14-9(2)25-22-15(14)11-6-4-5-7-12(11)19/h4-7H,1-3H3,(H2,20,23)(H,21,24). The largest absolute Gasteiger partial charge is 0.365 e. The van der Waals surface area contributed by atoms with Crippen LogP contribution in [0.2, 0.25) is 5.02 Å². The molecule has 0 spiro atoms. The van der Waals surface area contributed by atoms with Crippen LogP contribution < -0.4 is 11.1 Å².